The quantitative estimate of drug-likeness (QED) is 0.468. The molecule has 6 rings (SSSR count). The van der Waals surface area contributed by atoms with E-state index in [-0.39, 0.29) is 17.5 Å². The molecule has 164 valence electrons. The van der Waals surface area contributed by atoms with Gasteiger partial charge in [0.25, 0.3) is 11.5 Å². The molecule has 0 aliphatic carbocycles. The number of pyridine rings is 1. The fourth-order valence-corrected chi connectivity index (χ4v) is 6.26. The fraction of sp³-hybridized carbons (Fsp3) is 0.435. The number of aromatic nitrogens is 5. The zero-order valence-corrected chi connectivity index (χ0v) is 18.8. The Morgan fingerprint density at radius 2 is 2.03 bits per heavy atom. The number of hydrogen-bond donors (Lipinski definition) is 0. The Balaban J connectivity index is 1.42. The Kier molecular flexibility index (Phi) is 4.60. The van der Waals surface area contributed by atoms with Crippen LogP contribution in [0.15, 0.2) is 29.2 Å². The van der Waals surface area contributed by atoms with Crippen LogP contribution in [0.4, 0.5) is 0 Å². The summed E-state index contributed by atoms with van der Waals surface area (Å²) in [5.41, 5.74) is 1.53. The van der Waals surface area contributed by atoms with E-state index in [4.69, 9.17) is 4.98 Å². The van der Waals surface area contributed by atoms with E-state index in [1.54, 1.807) is 0 Å². The number of carbonyl (C=O) groups is 1. The lowest BCUT2D eigenvalue weighted by Gasteiger charge is -2.23. The smallest absolute Gasteiger partial charge is 0.264 e. The molecular formula is C23H24N6O2S. The first-order valence-electron chi connectivity index (χ1n) is 11.3. The number of aryl methyl sites for hydroxylation is 2. The highest BCUT2D eigenvalue weighted by Gasteiger charge is 2.35. The van der Waals surface area contributed by atoms with Crippen molar-refractivity contribution in [3.8, 4) is 0 Å². The number of carbonyl (C=O) groups excluding carboxylic acids is 1. The van der Waals surface area contributed by atoms with Crippen LogP contribution in [0.2, 0.25) is 0 Å². The highest BCUT2D eigenvalue weighted by Crippen LogP contribution is 2.36. The third-order valence-corrected chi connectivity index (χ3v) is 7.93. The summed E-state index contributed by atoms with van der Waals surface area (Å²) in [6.07, 6.45) is 7.69. The normalized spacial score (nSPS) is 18.9. The van der Waals surface area contributed by atoms with Crippen molar-refractivity contribution in [1.82, 2.24) is 29.0 Å². The van der Waals surface area contributed by atoms with Crippen LogP contribution in [0, 0.1) is 6.92 Å². The van der Waals surface area contributed by atoms with Crippen LogP contribution in [-0.4, -0.2) is 41.5 Å². The number of rotatable bonds is 2. The highest BCUT2D eigenvalue weighted by molar-refractivity contribution is 7.20. The van der Waals surface area contributed by atoms with Gasteiger partial charge in [-0.05, 0) is 50.3 Å². The Morgan fingerprint density at radius 1 is 1.12 bits per heavy atom. The van der Waals surface area contributed by atoms with Gasteiger partial charge < -0.3 is 4.90 Å². The number of thiophene rings is 1. The Labute approximate surface area is 188 Å². The fourth-order valence-electron chi connectivity index (χ4n) is 5.11. The molecule has 1 amide bonds. The lowest BCUT2D eigenvalue weighted by Crippen LogP contribution is -2.31. The molecule has 2 aliphatic heterocycles. The minimum absolute atomic E-state index is 0.00104. The predicted octanol–water partition coefficient (Wildman–Crippen LogP) is 3.51. The molecule has 8 nitrogen and oxygen atoms in total. The van der Waals surface area contributed by atoms with Gasteiger partial charge in [0.2, 0.25) is 0 Å². The van der Waals surface area contributed by atoms with Gasteiger partial charge in [-0.25, -0.2) is 4.98 Å². The van der Waals surface area contributed by atoms with Crippen LogP contribution >= 0.6 is 11.3 Å². The van der Waals surface area contributed by atoms with Crippen molar-refractivity contribution in [2.45, 2.75) is 58.0 Å². The van der Waals surface area contributed by atoms with Crippen molar-refractivity contribution in [2.24, 2.45) is 0 Å². The largest absolute Gasteiger partial charge is 0.328 e. The summed E-state index contributed by atoms with van der Waals surface area (Å²) in [6.45, 7) is 3.27. The van der Waals surface area contributed by atoms with Crippen LogP contribution in [0.3, 0.4) is 0 Å². The van der Waals surface area contributed by atoms with Gasteiger partial charge in [0.15, 0.2) is 11.5 Å². The van der Waals surface area contributed by atoms with E-state index in [0.29, 0.717) is 28.2 Å². The molecule has 0 spiro atoms. The van der Waals surface area contributed by atoms with E-state index in [1.807, 2.05) is 45.2 Å². The summed E-state index contributed by atoms with van der Waals surface area (Å²) in [7, 11) is 0. The summed E-state index contributed by atoms with van der Waals surface area (Å²) >= 11 is 1.36. The van der Waals surface area contributed by atoms with Crippen molar-refractivity contribution >= 4 is 33.1 Å². The van der Waals surface area contributed by atoms with Crippen LogP contribution in [-0.2, 0) is 13.0 Å². The average Bonchev–Trinajstić information content (AvgIpc) is 3.47. The maximum absolute atomic E-state index is 13.7. The van der Waals surface area contributed by atoms with Gasteiger partial charge in [0, 0.05) is 25.7 Å². The van der Waals surface area contributed by atoms with Gasteiger partial charge in [-0.1, -0.05) is 12.5 Å². The minimum atomic E-state index is -0.129. The molecule has 1 saturated heterocycles. The Morgan fingerprint density at radius 3 is 2.94 bits per heavy atom. The van der Waals surface area contributed by atoms with E-state index in [1.165, 1.54) is 11.3 Å². The van der Waals surface area contributed by atoms with E-state index in [2.05, 4.69) is 10.2 Å². The van der Waals surface area contributed by atoms with Crippen molar-refractivity contribution < 1.29 is 4.79 Å². The third kappa shape index (κ3) is 2.91. The molecule has 0 bridgehead atoms. The van der Waals surface area contributed by atoms with E-state index in [0.717, 1.165) is 61.4 Å². The summed E-state index contributed by atoms with van der Waals surface area (Å²) < 4.78 is 3.78. The number of fused-ring (bicyclic) bond motifs is 3. The standard InChI is InChI=1S/C23H24N6O2S/c1-14-18-21(24-16-9-3-2-5-12-29(16)22(18)30)32-19(14)23(31)27-13-7-8-15(27)20-26-25-17-10-4-6-11-28(17)20/h4,6,10-11,15H,2-3,5,7-9,12-13H2,1H3/t15-/m0/s1. The maximum atomic E-state index is 13.7. The van der Waals surface area contributed by atoms with E-state index < -0.39 is 0 Å². The van der Waals surface area contributed by atoms with Crippen molar-refractivity contribution in [2.75, 3.05) is 6.54 Å². The summed E-state index contributed by atoms with van der Waals surface area (Å²) in [4.78, 5) is 35.0. The van der Waals surface area contributed by atoms with Crippen LogP contribution < -0.4 is 5.56 Å². The van der Waals surface area contributed by atoms with Crippen LogP contribution in [0.5, 0.6) is 0 Å². The molecule has 32 heavy (non-hydrogen) atoms. The average molecular weight is 449 g/mol. The molecule has 2 aliphatic rings. The summed E-state index contributed by atoms with van der Waals surface area (Å²) in [5.74, 6) is 1.60. The lowest BCUT2D eigenvalue weighted by atomic mass is 10.1. The monoisotopic (exact) mass is 448 g/mol. The van der Waals surface area contributed by atoms with Gasteiger partial charge in [-0.2, -0.15) is 0 Å². The topological polar surface area (TPSA) is 85.4 Å². The second kappa shape index (κ2) is 7.51. The highest BCUT2D eigenvalue weighted by atomic mass is 32.1. The third-order valence-electron chi connectivity index (χ3n) is 6.76. The molecule has 1 atom stereocenters. The van der Waals surface area contributed by atoms with Gasteiger partial charge in [-0.15, -0.1) is 21.5 Å². The second-order valence-electron chi connectivity index (χ2n) is 8.68. The van der Waals surface area contributed by atoms with Crippen molar-refractivity contribution in [3.63, 3.8) is 0 Å². The van der Waals surface area contributed by atoms with Gasteiger partial charge in [0.1, 0.15) is 10.7 Å². The number of nitrogens with zero attached hydrogens (tertiary/aromatic N) is 6. The molecule has 0 N–H and O–H groups in total. The first kappa shape index (κ1) is 19.6. The van der Waals surface area contributed by atoms with Gasteiger partial charge in [-0.3, -0.25) is 18.6 Å². The van der Waals surface area contributed by atoms with Crippen LogP contribution in [0.25, 0.3) is 15.9 Å². The van der Waals surface area contributed by atoms with Crippen molar-refractivity contribution in [1.29, 1.82) is 0 Å². The Hall–Kier alpha value is -3.07. The molecule has 4 aromatic rings. The van der Waals surface area contributed by atoms with E-state index >= 15 is 0 Å². The second-order valence-corrected chi connectivity index (χ2v) is 9.67. The van der Waals surface area contributed by atoms with E-state index in [9.17, 15) is 9.59 Å². The molecule has 4 aromatic heterocycles. The molecule has 0 radical (unpaired) electrons. The van der Waals surface area contributed by atoms with Gasteiger partial charge >= 0.3 is 0 Å². The van der Waals surface area contributed by atoms with Crippen LogP contribution in [0.1, 0.15) is 65.0 Å². The summed E-state index contributed by atoms with van der Waals surface area (Å²) in [6, 6.07) is 5.66. The maximum Gasteiger partial charge on any atom is 0.264 e. The zero-order valence-electron chi connectivity index (χ0n) is 18.0. The number of hydrogen-bond acceptors (Lipinski definition) is 6. The molecule has 0 saturated carbocycles. The molecule has 0 unspecified atom stereocenters. The molecule has 9 heteroatoms. The van der Waals surface area contributed by atoms with Crippen molar-refractivity contribution in [3.05, 3.63) is 56.8 Å². The molecule has 6 heterocycles. The SMILES string of the molecule is Cc1c(C(=O)N2CCC[C@H]2c2nnc3ccccn23)sc2nc3n(c(=O)c12)CCCCC3. The molecular weight excluding hydrogens is 424 g/mol. The molecule has 1 fully saturated rings. The molecule has 0 aromatic carbocycles. The lowest BCUT2D eigenvalue weighted by molar-refractivity contribution is 0.0733. The predicted molar refractivity (Wildman–Crippen MR) is 122 cm³/mol. The van der Waals surface area contributed by atoms with Gasteiger partial charge in [0.05, 0.1) is 16.3 Å². The Bertz CT molecular complexity index is 1420. The summed E-state index contributed by atoms with van der Waals surface area (Å²) in [5, 5.41) is 9.27. The number of likely N-dealkylation sites (tertiary alicyclic amines) is 1. The number of amides is 1. The zero-order chi connectivity index (χ0) is 21.8. The first-order valence-corrected chi connectivity index (χ1v) is 12.1. The minimum Gasteiger partial charge on any atom is -0.328 e. The first-order chi connectivity index (χ1) is 15.6.